The van der Waals surface area contributed by atoms with Gasteiger partial charge in [0.2, 0.25) is 5.91 Å². The monoisotopic (exact) mass is 381 g/mol. The molecule has 0 aliphatic carbocycles. The molecule has 1 heterocycles. The number of benzene rings is 2. The summed E-state index contributed by atoms with van der Waals surface area (Å²) >= 11 is 1.56. The van der Waals surface area contributed by atoms with Crippen molar-refractivity contribution in [2.75, 3.05) is 10.6 Å². The minimum Gasteiger partial charge on any atom is -0.486 e. The highest BCUT2D eigenvalue weighted by atomic mass is 32.1. The largest absolute Gasteiger partial charge is 0.486 e. The minimum absolute atomic E-state index is 0.165. The van der Waals surface area contributed by atoms with Crippen molar-refractivity contribution < 1.29 is 14.3 Å². The fraction of sp³-hybridized carbons (Fsp3) is 0.150. The number of carbonyl (C=O) groups excluding carboxylic acids is 2. The summed E-state index contributed by atoms with van der Waals surface area (Å²) in [7, 11) is 0. The smallest absolute Gasteiger partial charge is 0.255 e. The molecule has 7 heteroatoms. The van der Waals surface area contributed by atoms with Crippen molar-refractivity contribution in [2.45, 2.75) is 20.5 Å². The Morgan fingerprint density at radius 3 is 2.41 bits per heavy atom. The number of anilines is 2. The molecule has 2 N–H and O–H groups in total. The van der Waals surface area contributed by atoms with E-state index in [1.807, 2.05) is 12.3 Å². The van der Waals surface area contributed by atoms with Crippen molar-refractivity contribution in [3.05, 3.63) is 70.2 Å². The van der Waals surface area contributed by atoms with E-state index in [2.05, 4.69) is 15.6 Å². The lowest BCUT2D eigenvalue weighted by Crippen LogP contribution is -2.12. The van der Waals surface area contributed by atoms with Gasteiger partial charge in [-0.1, -0.05) is 6.07 Å². The lowest BCUT2D eigenvalue weighted by atomic mass is 10.2. The van der Waals surface area contributed by atoms with Crippen molar-refractivity contribution in [3.8, 4) is 5.75 Å². The first-order valence-electron chi connectivity index (χ1n) is 8.32. The van der Waals surface area contributed by atoms with E-state index in [0.29, 0.717) is 29.3 Å². The zero-order chi connectivity index (χ0) is 19.2. The third-order valence-corrected chi connectivity index (χ3v) is 4.53. The number of amides is 2. The van der Waals surface area contributed by atoms with Crippen LogP contribution in [0.4, 0.5) is 11.4 Å². The Labute approximate surface area is 161 Å². The molecule has 0 aliphatic heterocycles. The zero-order valence-corrected chi connectivity index (χ0v) is 15.8. The molecule has 0 bridgehead atoms. The number of aryl methyl sites for hydroxylation is 1. The molecule has 0 radical (unpaired) electrons. The van der Waals surface area contributed by atoms with Gasteiger partial charge in [-0.3, -0.25) is 9.59 Å². The van der Waals surface area contributed by atoms with Crippen LogP contribution in [0.25, 0.3) is 0 Å². The molecule has 27 heavy (non-hydrogen) atoms. The number of carbonyl (C=O) groups is 2. The lowest BCUT2D eigenvalue weighted by molar-refractivity contribution is -0.114. The SMILES string of the molecule is CC(=O)Nc1cccc(NC(=O)c2ccc(OCc3nc(C)cs3)cc2)c1. The van der Waals surface area contributed by atoms with Crippen molar-refractivity contribution in [1.29, 1.82) is 0 Å². The van der Waals surface area contributed by atoms with Gasteiger partial charge in [-0.2, -0.15) is 0 Å². The number of rotatable bonds is 6. The number of hydrogen-bond donors (Lipinski definition) is 2. The van der Waals surface area contributed by atoms with Crippen molar-refractivity contribution in [2.24, 2.45) is 0 Å². The molecule has 0 spiro atoms. The molecule has 2 amide bonds. The number of hydrogen-bond acceptors (Lipinski definition) is 5. The molecule has 2 aromatic carbocycles. The molecule has 0 fully saturated rings. The fourth-order valence-electron chi connectivity index (χ4n) is 2.40. The molecule has 138 valence electrons. The van der Waals surface area contributed by atoms with Crippen molar-refractivity contribution >= 4 is 34.5 Å². The molecular weight excluding hydrogens is 362 g/mol. The van der Waals surface area contributed by atoms with E-state index >= 15 is 0 Å². The number of nitrogens with one attached hydrogen (secondary N) is 2. The standard InChI is InChI=1S/C20H19N3O3S/c1-13-12-27-19(21-13)11-26-18-8-6-15(7-9-18)20(25)23-17-5-3-4-16(10-17)22-14(2)24/h3-10,12H,11H2,1-2H3,(H,22,24)(H,23,25). The molecule has 3 aromatic rings. The Morgan fingerprint density at radius 2 is 1.78 bits per heavy atom. The van der Waals surface area contributed by atoms with E-state index in [4.69, 9.17) is 4.74 Å². The van der Waals surface area contributed by atoms with Gasteiger partial charge in [0, 0.05) is 34.9 Å². The minimum atomic E-state index is -0.239. The quantitative estimate of drug-likeness (QED) is 0.669. The molecule has 3 rings (SSSR count). The molecule has 0 saturated heterocycles. The summed E-state index contributed by atoms with van der Waals surface area (Å²) in [6.45, 7) is 3.78. The summed E-state index contributed by atoms with van der Waals surface area (Å²) in [6, 6.07) is 13.9. The molecule has 0 saturated carbocycles. The predicted octanol–water partition coefficient (Wildman–Crippen LogP) is 4.24. The van der Waals surface area contributed by atoms with Crippen molar-refractivity contribution in [3.63, 3.8) is 0 Å². The van der Waals surface area contributed by atoms with Crippen LogP contribution >= 0.6 is 11.3 Å². The maximum absolute atomic E-state index is 12.4. The van der Waals surface area contributed by atoms with Crippen LogP contribution in [0.1, 0.15) is 28.0 Å². The van der Waals surface area contributed by atoms with Gasteiger partial charge in [0.05, 0.1) is 0 Å². The van der Waals surface area contributed by atoms with Crippen molar-refractivity contribution in [1.82, 2.24) is 4.98 Å². The zero-order valence-electron chi connectivity index (χ0n) is 15.0. The summed E-state index contributed by atoms with van der Waals surface area (Å²) in [5.41, 5.74) is 2.72. The summed E-state index contributed by atoms with van der Waals surface area (Å²) in [6.07, 6.45) is 0. The Hall–Kier alpha value is -3.19. The summed E-state index contributed by atoms with van der Waals surface area (Å²) in [4.78, 5) is 27.9. The molecule has 0 atom stereocenters. The highest BCUT2D eigenvalue weighted by Crippen LogP contribution is 2.19. The Bertz CT molecular complexity index is 951. The number of aromatic nitrogens is 1. The third-order valence-electron chi connectivity index (χ3n) is 3.59. The van der Waals surface area contributed by atoms with Crippen LogP contribution in [-0.4, -0.2) is 16.8 Å². The highest BCUT2D eigenvalue weighted by molar-refractivity contribution is 7.09. The van der Waals surface area contributed by atoms with Gasteiger partial charge < -0.3 is 15.4 Å². The van der Waals surface area contributed by atoms with Gasteiger partial charge in [-0.25, -0.2) is 4.98 Å². The fourth-order valence-corrected chi connectivity index (χ4v) is 3.08. The molecule has 1 aromatic heterocycles. The van der Waals surface area contributed by atoms with Crippen LogP contribution in [0.5, 0.6) is 5.75 Å². The summed E-state index contributed by atoms with van der Waals surface area (Å²) in [5.74, 6) is 0.270. The van der Waals surface area contributed by atoms with Crippen LogP contribution < -0.4 is 15.4 Å². The van der Waals surface area contributed by atoms with Crippen LogP contribution in [0.2, 0.25) is 0 Å². The van der Waals surface area contributed by atoms with Gasteiger partial charge in [-0.15, -0.1) is 11.3 Å². The number of thiazole rings is 1. The second-order valence-electron chi connectivity index (χ2n) is 5.91. The number of ether oxygens (including phenoxy) is 1. The first kappa shape index (κ1) is 18.6. The number of nitrogens with zero attached hydrogens (tertiary/aromatic N) is 1. The third kappa shape index (κ3) is 5.39. The van der Waals surface area contributed by atoms with Crippen LogP contribution in [0.3, 0.4) is 0 Å². The molecule has 6 nitrogen and oxygen atoms in total. The average molecular weight is 381 g/mol. The van der Waals surface area contributed by atoms with E-state index in [1.54, 1.807) is 59.9 Å². The first-order chi connectivity index (χ1) is 13.0. The van der Waals surface area contributed by atoms with E-state index in [9.17, 15) is 9.59 Å². The Kier molecular flexibility index (Phi) is 5.83. The Balaban J connectivity index is 1.59. The normalized spacial score (nSPS) is 10.3. The van der Waals surface area contributed by atoms with Gasteiger partial charge in [-0.05, 0) is 49.4 Å². The topological polar surface area (TPSA) is 80.3 Å². The summed E-state index contributed by atoms with van der Waals surface area (Å²) in [5, 5.41) is 8.39. The molecule has 0 unspecified atom stereocenters. The molecular formula is C20H19N3O3S. The van der Waals surface area contributed by atoms with Gasteiger partial charge in [0.25, 0.3) is 5.91 Å². The maximum atomic E-state index is 12.4. The second kappa shape index (κ2) is 8.46. The maximum Gasteiger partial charge on any atom is 0.255 e. The second-order valence-corrected chi connectivity index (χ2v) is 6.85. The first-order valence-corrected chi connectivity index (χ1v) is 9.20. The van der Waals surface area contributed by atoms with E-state index in [0.717, 1.165) is 10.7 Å². The average Bonchev–Trinajstić information content (AvgIpc) is 3.05. The molecule has 0 aliphatic rings. The van der Waals surface area contributed by atoms with Crippen LogP contribution in [-0.2, 0) is 11.4 Å². The van der Waals surface area contributed by atoms with E-state index < -0.39 is 0 Å². The lowest BCUT2D eigenvalue weighted by Gasteiger charge is -2.09. The van der Waals surface area contributed by atoms with E-state index in [1.165, 1.54) is 6.92 Å². The highest BCUT2D eigenvalue weighted by Gasteiger charge is 2.08. The van der Waals surface area contributed by atoms with Crippen LogP contribution in [0, 0.1) is 6.92 Å². The Morgan fingerprint density at radius 1 is 1.07 bits per heavy atom. The van der Waals surface area contributed by atoms with Gasteiger partial charge in [0.1, 0.15) is 17.4 Å². The van der Waals surface area contributed by atoms with E-state index in [-0.39, 0.29) is 11.8 Å². The summed E-state index contributed by atoms with van der Waals surface area (Å²) < 4.78 is 5.69. The van der Waals surface area contributed by atoms with Gasteiger partial charge in [0.15, 0.2) is 0 Å². The predicted molar refractivity (Wildman–Crippen MR) is 106 cm³/mol. The van der Waals surface area contributed by atoms with Crippen LogP contribution in [0.15, 0.2) is 53.9 Å². The van der Waals surface area contributed by atoms with Gasteiger partial charge >= 0.3 is 0 Å².